The number of nitrogens with one attached hydrogen (secondary N) is 3. The van der Waals surface area contributed by atoms with Crippen molar-refractivity contribution in [2.24, 2.45) is 0 Å². The first kappa shape index (κ1) is 17.6. The fraction of sp³-hybridized carbons (Fsp3) is 0.211. The molecule has 0 radical (unpaired) electrons. The van der Waals surface area contributed by atoms with Crippen molar-refractivity contribution >= 4 is 11.4 Å². The summed E-state index contributed by atoms with van der Waals surface area (Å²) in [6, 6.07) is 7.84. The molecule has 7 heteroatoms. The van der Waals surface area contributed by atoms with Crippen molar-refractivity contribution in [2.45, 2.75) is 27.3 Å². The minimum atomic E-state index is -0.312. The Kier molecular flexibility index (Phi) is 4.71. The molecule has 3 aromatic rings. The van der Waals surface area contributed by atoms with Crippen LogP contribution < -0.4 is 10.9 Å². The zero-order valence-corrected chi connectivity index (χ0v) is 14.7. The van der Waals surface area contributed by atoms with Crippen LogP contribution in [0.2, 0.25) is 0 Å². The van der Waals surface area contributed by atoms with Crippen molar-refractivity contribution in [3.63, 3.8) is 0 Å². The monoisotopic (exact) mass is 354 g/mol. The summed E-state index contributed by atoms with van der Waals surface area (Å²) in [5.74, 6) is 0.256. The number of H-pyrrole nitrogens is 1. The second-order valence-electron chi connectivity index (χ2n) is 6.11. The fourth-order valence-corrected chi connectivity index (χ4v) is 2.82. The van der Waals surface area contributed by atoms with Gasteiger partial charge in [-0.2, -0.15) is 0 Å². The van der Waals surface area contributed by atoms with Gasteiger partial charge in [-0.3, -0.25) is 4.79 Å². The molecular formula is C19H19FN4O2. The SMILES string of the molecule is CC(=N)c1[nH]c(=O)c(-c2c(C)noc2C)cc1NCc1ccc(F)cc1. The van der Waals surface area contributed by atoms with Crippen LogP contribution in [0.1, 0.15) is 29.6 Å². The van der Waals surface area contributed by atoms with Gasteiger partial charge >= 0.3 is 0 Å². The number of aryl methyl sites for hydroxylation is 2. The normalized spacial score (nSPS) is 10.8. The number of rotatable bonds is 5. The van der Waals surface area contributed by atoms with Crippen LogP contribution in [0.5, 0.6) is 0 Å². The molecule has 3 rings (SSSR count). The summed E-state index contributed by atoms with van der Waals surface area (Å²) in [6.07, 6.45) is 0. The molecule has 0 fully saturated rings. The molecule has 0 unspecified atom stereocenters. The van der Waals surface area contributed by atoms with Crippen molar-refractivity contribution in [3.05, 3.63) is 69.2 Å². The van der Waals surface area contributed by atoms with Gasteiger partial charge in [-0.25, -0.2) is 4.39 Å². The fourth-order valence-electron chi connectivity index (χ4n) is 2.82. The van der Waals surface area contributed by atoms with Gasteiger partial charge in [0.25, 0.3) is 5.56 Å². The second kappa shape index (κ2) is 6.95. The molecule has 0 aliphatic carbocycles. The lowest BCUT2D eigenvalue weighted by Crippen LogP contribution is -2.17. The number of anilines is 1. The summed E-state index contributed by atoms with van der Waals surface area (Å²) in [5, 5.41) is 15.0. The molecule has 0 bridgehead atoms. The lowest BCUT2D eigenvalue weighted by molar-refractivity contribution is 0.393. The highest BCUT2D eigenvalue weighted by atomic mass is 19.1. The molecule has 2 heterocycles. The number of hydrogen-bond donors (Lipinski definition) is 3. The minimum Gasteiger partial charge on any atom is -0.379 e. The molecule has 0 saturated heterocycles. The van der Waals surface area contributed by atoms with Gasteiger partial charge in [0.15, 0.2) is 0 Å². The summed E-state index contributed by atoms with van der Waals surface area (Å²) < 4.78 is 18.2. The summed E-state index contributed by atoms with van der Waals surface area (Å²) in [7, 11) is 0. The first-order chi connectivity index (χ1) is 12.4. The standard InChI is InChI=1S/C19H19FN4O2/c1-10(21)18-16(22-9-13-4-6-14(20)7-5-13)8-15(19(25)23-18)17-11(2)24-26-12(17)3/h4-8,21-22H,9H2,1-3H3,(H,23,25). The van der Waals surface area contributed by atoms with Crippen molar-refractivity contribution < 1.29 is 8.91 Å². The van der Waals surface area contributed by atoms with E-state index in [1.165, 1.54) is 12.1 Å². The highest BCUT2D eigenvalue weighted by molar-refractivity contribution is 6.00. The maximum absolute atomic E-state index is 13.0. The summed E-state index contributed by atoms with van der Waals surface area (Å²) in [5.41, 5.74) is 3.51. The topological polar surface area (TPSA) is 94.8 Å². The van der Waals surface area contributed by atoms with Gasteiger partial charge in [0, 0.05) is 6.54 Å². The van der Waals surface area contributed by atoms with Gasteiger partial charge in [0.1, 0.15) is 11.6 Å². The molecule has 3 N–H and O–H groups in total. The summed E-state index contributed by atoms with van der Waals surface area (Å²) in [6.45, 7) is 5.54. The van der Waals surface area contributed by atoms with Gasteiger partial charge in [0.2, 0.25) is 0 Å². The Bertz CT molecular complexity index is 1000. The van der Waals surface area contributed by atoms with Crippen LogP contribution in [0, 0.1) is 25.1 Å². The third-order valence-electron chi connectivity index (χ3n) is 4.12. The van der Waals surface area contributed by atoms with Crippen LogP contribution in [-0.4, -0.2) is 15.9 Å². The van der Waals surface area contributed by atoms with Crippen molar-refractivity contribution in [1.29, 1.82) is 5.41 Å². The number of aromatic amines is 1. The molecule has 0 atom stereocenters. The van der Waals surface area contributed by atoms with E-state index in [9.17, 15) is 9.18 Å². The second-order valence-corrected chi connectivity index (χ2v) is 6.11. The summed E-state index contributed by atoms with van der Waals surface area (Å²) in [4.78, 5) is 15.3. The van der Waals surface area contributed by atoms with Gasteiger partial charge in [-0.1, -0.05) is 17.3 Å². The van der Waals surface area contributed by atoms with Crippen molar-refractivity contribution in [1.82, 2.24) is 10.1 Å². The molecule has 6 nitrogen and oxygen atoms in total. The smallest absolute Gasteiger partial charge is 0.256 e. The molecule has 0 amide bonds. The number of aromatic nitrogens is 2. The Morgan fingerprint density at radius 3 is 2.58 bits per heavy atom. The molecule has 1 aromatic carbocycles. The lowest BCUT2D eigenvalue weighted by atomic mass is 10.0. The number of pyridine rings is 1. The van der Waals surface area contributed by atoms with E-state index in [0.717, 1.165) is 5.56 Å². The molecule has 2 aromatic heterocycles. The average Bonchev–Trinajstić information content (AvgIpc) is 2.93. The highest BCUT2D eigenvalue weighted by Crippen LogP contribution is 2.27. The number of halogens is 1. The van der Waals surface area contributed by atoms with Gasteiger partial charge in [0.05, 0.1) is 33.9 Å². The first-order valence-electron chi connectivity index (χ1n) is 8.11. The Hall–Kier alpha value is -3.22. The van der Waals surface area contributed by atoms with Gasteiger partial charge in [-0.05, 0) is 44.5 Å². The molecule has 0 aliphatic rings. The van der Waals surface area contributed by atoms with E-state index in [2.05, 4.69) is 15.5 Å². The van der Waals surface area contributed by atoms with Crippen LogP contribution in [0.4, 0.5) is 10.1 Å². The van der Waals surface area contributed by atoms with E-state index in [0.29, 0.717) is 40.5 Å². The van der Waals surface area contributed by atoms with Crippen molar-refractivity contribution in [2.75, 3.05) is 5.32 Å². The van der Waals surface area contributed by atoms with E-state index in [1.807, 2.05) is 0 Å². The lowest BCUT2D eigenvalue weighted by Gasteiger charge is -2.13. The van der Waals surface area contributed by atoms with E-state index >= 15 is 0 Å². The third-order valence-corrected chi connectivity index (χ3v) is 4.12. The largest absolute Gasteiger partial charge is 0.379 e. The average molecular weight is 354 g/mol. The molecule has 0 saturated carbocycles. The van der Waals surface area contributed by atoms with E-state index in [-0.39, 0.29) is 17.1 Å². The van der Waals surface area contributed by atoms with E-state index in [1.54, 1.807) is 39.0 Å². The van der Waals surface area contributed by atoms with Crippen LogP contribution >= 0.6 is 0 Å². The molecular weight excluding hydrogens is 335 g/mol. The third kappa shape index (κ3) is 3.42. The van der Waals surface area contributed by atoms with Gasteiger partial charge < -0.3 is 20.2 Å². The predicted octanol–water partition coefficient (Wildman–Crippen LogP) is 3.79. The first-order valence-corrected chi connectivity index (χ1v) is 8.11. The zero-order chi connectivity index (χ0) is 18.8. The van der Waals surface area contributed by atoms with Gasteiger partial charge in [-0.15, -0.1) is 0 Å². The predicted molar refractivity (Wildman–Crippen MR) is 98.3 cm³/mol. The zero-order valence-electron chi connectivity index (χ0n) is 14.7. The number of hydrogen-bond acceptors (Lipinski definition) is 5. The van der Waals surface area contributed by atoms with E-state index < -0.39 is 0 Å². The Labute approximate surface area is 149 Å². The minimum absolute atomic E-state index is 0.231. The summed E-state index contributed by atoms with van der Waals surface area (Å²) >= 11 is 0. The van der Waals surface area contributed by atoms with Crippen LogP contribution in [0.15, 0.2) is 39.6 Å². The molecule has 26 heavy (non-hydrogen) atoms. The Balaban J connectivity index is 2.02. The highest BCUT2D eigenvalue weighted by Gasteiger charge is 2.18. The molecule has 0 aliphatic heterocycles. The maximum Gasteiger partial charge on any atom is 0.256 e. The van der Waals surface area contributed by atoms with Crippen LogP contribution in [-0.2, 0) is 6.54 Å². The molecule has 134 valence electrons. The maximum atomic E-state index is 13.0. The Morgan fingerprint density at radius 1 is 1.31 bits per heavy atom. The van der Waals surface area contributed by atoms with Crippen molar-refractivity contribution in [3.8, 4) is 11.1 Å². The number of benzene rings is 1. The Morgan fingerprint density at radius 2 is 2.00 bits per heavy atom. The van der Waals surface area contributed by atoms with Crippen LogP contribution in [0.25, 0.3) is 11.1 Å². The quantitative estimate of drug-likeness (QED) is 0.608. The van der Waals surface area contributed by atoms with E-state index in [4.69, 9.17) is 9.93 Å². The van der Waals surface area contributed by atoms with Crippen LogP contribution in [0.3, 0.4) is 0 Å². The molecule has 0 spiro atoms. The number of nitrogens with zero attached hydrogens (tertiary/aromatic N) is 1.